The molecule has 0 unspecified atom stereocenters. The summed E-state index contributed by atoms with van der Waals surface area (Å²) >= 11 is 0. The number of nitrogens with two attached hydrogens (primary N) is 1. The number of aryl methyl sites for hydroxylation is 1. The molecule has 0 saturated carbocycles. The number of rotatable bonds is 5. The highest BCUT2D eigenvalue weighted by atomic mass is 32.2. The molecule has 1 rings (SSSR count). The summed E-state index contributed by atoms with van der Waals surface area (Å²) in [4.78, 5) is 0. The number of sulfone groups is 1. The van der Waals surface area contributed by atoms with E-state index in [9.17, 15) is 8.42 Å². The Bertz CT molecular complexity index is 455. The fourth-order valence-electron chi connectivity index (χ4n) is 1.74. The molecule has 1 aromatic rings. The van der Waals surface area contributed by atoms with Gasteiger partial charge in [-0.2, -0.15) is 0 Å². The van der Waals surface area contributed by atoms with Gasteiger partial charge in [-0.3, -0.25) is 0 Å². The van der Waals surface area contributed by atoms with Gasteiger partial charge in [-0.05, 0) is 31.4 Å². The molecule has 0 spiro atoms. The van der Waals surface area contributed by atoms with E-state index in [-0.39, 0.29) is 11.5 Å². The van der Waals surface area contributed by atoms with Gasteiger partial charge in [0.2, 0.25) is 0 Å². The first-order valence-electron chi connectivity index (χ1n) is 5.79. The molecule has 0 aliphatic rings. The van der Waals surface area contributed by atoms with Crippen LogP contribution in [0.3, 0.4) is 0 Å². The van der Waals surface area contributed by atoms with Crippen LogP contribution < -0.4 is 5.73 Å². The molecule has 1 aromatic carbocycles. The minimum Gasteiger partial charge on any atom is -0.325 e. The summed E-state index contributed by atoms with van der Waals surface area (Å²) in [5, 5.41) is 0. The maximum absolute atomic E-state index is 11.9. The molecule has 0 heterocycles. The topological polar surface area (TPSA) is 60.2 Å². The smallest absolute Gasteiger partial charge is 0.156 e. The lowest BCUT2D eigenvalue weighted by Crippen LogP contribution is -2.40. The number of hydrogen-bond acceptors (Lipinski definition) is 3. The van der Waals surface area contributed by atoms with Crippen molar-refractivity contribution in [2.45, 2.75) is 38.5 Å². The van der Waals surface area contributed by atoms with Gasteiger partial charge in [-0.1, -0.05) is 31.2 Å². The summed E-state index contributed by atoms with van der Waals surface area (Å²) in [6.07, 6.45) is 0.961. The Balaban J connectivity index is 2.76. The van der Waals surface area contributed by atoms with Gasteiger partial charge in [-0.15, -0.1) is 0 Å². The molecule has 0 saturated heterocycles. The van der Waals surface area contributed by atoms with E-state index in [0.29, 0.717) is 0 Å². The molecular formula is C13H21NO2S. The van der Waals surface area contributed by atoms with Crippen LogP contribution in [0.2, 0.25) is 0 Å². The third-order valence-corrected chi connectivity index (χ3v) is 4.37. The molecule has 0 fully saturated rings. The van der Waals surface area contributed by atoms with Crippen molar-refractivity contribution in [3.63, 3.8) is 0 Å². The summed E-state index contributed by atoms with van der Waals surface area (Å²) in [6.45, 7) is 5.53. The fourth-order valence-corrected chi connectivity index (χ4v) is 3.68. The maximum Gasteiger partial charge on any atom is 0.156 e. The van der Waals surface area contributed by atoms with E-state index in [1.54, 1.807) is 13.8 Å². The average Bonchev–Trinajstić information content (AvgIpc) is 2.14. The first-order valence-corrected chi connectivity index (χ1v) is 7.61. The van der Waals surface area contributed by atoms with Gasteiger partial charge in [0.15, 0.2) is 9.84 Å². The van der Waals surface area contributed by atoms with E-state index in [1.165, 1.54) is 5.56 Å². The second-order valence-corrected chi connectivity index (χ2v) is 7.26. The van der Waals surface area contributed by atoms with Crippen molar-refractivity contribution >= 4 is 9.84 Å². The largest absolute Gasteiger partial charge is 0.325 e. The lowest BCUT2D eigenvalue weighted by molar-refractivity contribution is 0.544. The van der Waals surface area contributed by atoms with Crippen molar-refractivity contribution in [1.29, 1.82) is 0 Å². The third kappa shape index (κ3) is 5.33. The van der Waals surface area contributed by atoms with Crippen molar-refractivity contribution in [3.05, 3.63) is 35.4 Å². The van der Waals surface area contributed by atoms with E-state index in [2.05, 4.69) is 6.92 Å². The van der Waals surface area contributed by atoms with Gasteiger partial charge < -0.3 is 5.73 Å². The van der Waals surface area contributed by atoms with Crippen molar-refractivity contribution < 1.29 is 8.42 Å². The maximum atomic E-state index is 11.9. The first kappa shape index (κ1) is 14.2. The van der Waals surface area contributed by atoms with Gasteiger partial charge in [0.1, 0.15) is 0 Å². The Hall–Kier alpha value is -0.870. The second-order valence-electron chi connectivity index (χ2n) is 5.19. The molecule has 0 radical (unpaired) electrons. The van der Waals surface area contributed by atoms with E-state index >= 15 is 0 Å². The van der Waals surface area contributed by atoms with Crippen LogP contribution in [0.1, 0.15) is 31.9 Å². The molecule has 0 atom stereocenters. The minimum absolute atomic E-state index is 0.00945. The highest BCUT2D eigenvalue weighted by molar-refractivity contribution is 7.90. The molecule has 17 heavy (non-hydrogen) atoms. The van der Waals surface area contributed by atoms with Crippen molar-refractivity contribution in [1.82, 2.24) is 0 Å². The summed E-state index contributed by atoms with van der Waals surface area (Å²) in [7, 11) is -3.14. The molecule has 0 bridgehead atoms. The molecule has 0 aromatic heterocycles. The van der Waals surface area contributed by atoms with E-state index in [4.69, 9.17) is 5.73 Å². The Labute approximate surface area is 104 Å². The molecule has 2 N–H and O–H groups in total. The van der Waals surface area contributed by atoms with Gasteiger partial charge in [0.25, 0.3) is 0 Å². The average molecular weight is 255 g/mol. The fraction of sp³-hybridized carbons (Fsp3) is 0.538. The van der Waals surface area contributed by atoms with E-state index in [0.717, 1.165) is 12.0 Å². The minimum atomic E-state index is -3.14. The molecule has 96 valence electrons. The molecule has 0 aliphatic heterocycles. The van der Waals surface area contributed by atoms with Crippen LogP contribution in [0.15, 0.2) is 24.3 Å². The summed E-state index contributed by atoms with van der Waals surface area (Å²) in [5.74, 6) is 0.0765. The van der Waals surface area contributed by atoms with Gasteiger partial charge in [-0.25, -0.2) is 8.42 Å². The van der Waals surface area contributed by atoms with Crippen LogP contribution in [0.25, 0.3) is 0 Å². The van der Waals surface area contributed by atoms with Crippen LogP contribution >= 0.6 is 0 Å². The highest BCUT2D eigenvalue weighted by Crippen LogP contribution is 2.12. The Morgan fingerprint density at radius 3 is 2.00 bits per heavy atom. The lowest BCUT2D eigenvalue weighted by atomic mass is 10.1. The molecule has 0 amide bonds. The zero-order valence-electron chi connectivity index (χ0n) is 10.7. The van der Waals surface area contributed by atoms with Crippen molar-refractivity contribution in [2.24, 2.45) is 5.73 Å². The van der Waals surface area contributed by atoms with Gasteiger partial charge in [0.05, 0.1) is 11.5 Å². The Morgan fingerprint density at radius 1 is 1.12 bits per heavy atom. The van der Waals surface area contributed by atoms with Crippen molar-refractivity contribution in [3.8, 4) is 0 Å². The Kier molecular flexibility index (Phi) is 4.33. The van der Waals surface area contributed by atoms with Crippen LogP contribution in [-0.2, 0) is 22.0 Å². The monoisotopic (exact) mass is 255 g/mol. The third-order valence-electron chi connectivity index (χ3n) is 2.41. The summed E-state index contributed by atoms with van der Waals surface area (Å²) < 4.78 is 23.8. The predicted molar refractivity (Wildman–Crippen MR) is 71.6 cm³/mol. The molecule has 0 aliphatic carbocycles. The molecule has 4 heteroatoms. The van der Waals surface area contributed by atoms with Gasteiger partial charge >= 0.3 is 0 Å². The highest BCUT2D eigenvalue weighted by Gasteiger charge is 2.22. The molecule has 3 nitrogen and oxygen atoms in total. The van der Waals surface area contributed by atoms with Crippen LogP contribution in [0.4, 0.5) is 0 Å². The van der Waals surface area contributed by atoms with Crippen LogP contribution in [0.5, 0.6) is 0 Å². The number of benzene rings is 1. The SMILES string of the molecule is CCc1ccc(CS(=O)(=O)CC(C)(C)N)cc1. The van der Waals surface area contributed by atoms with E-state index < -0.39 is 15.4 Å². The lowest BCUT2D eigenvalue weighted by Gasteiger charge is -2.18. The molecular weight excluding hydrogens is 234 g/mol. The quantitative estimate of drug-likeness (QED) is 0.874. The Morgan fingerprint density at radius 2 is 1.59 bits per heavy atom. The second kappa shape index (κ2) is 5.19. The zero-order valence-corrected chi connectivity index (χ0v) is 11.5. The normalized spacial score (nSPS) is 12.7. The summed E-state index contributed by atoms with van der Waals surface area (Å²) in [5.41, 5.74) is 7.10. The number of hydrogen-bond donors (Lipinski definition) is 1. The zero-order chi connectivity index (χ0) is 13.1. The summed E-state index contributed by atoms with van der Waals surface area (Å²) in [6, 6.07) is 7.69. The van der Waals surface area contributed by atoms with Gasteiger partial charge in [0, 0.05) is 5.54 Å². The first-order chi connectivity index (χ1) is 7.72. The van der Waals surface area contributed by atoms with Crippen molar-refractivity contribution in [2.75, 3.05) is 5.75 Å². The predicted octanol–water partition coefficient (Wildman–Crippen LogP) is 1.90. The standard InChI is InChI=1S/C13H21NO2S/c1-4-11-5-7-12(8-6-11)9-17(15,16)10-13(2,3)14/h5-8H,4,9-10,14H2,1-3H3. The van der Waals surface area contributed by atoms with Crippen LogP contribution in [0, 0.1) is 0 Å². The van der Waals surface area contributed by atoms with Crippen LogP contribution in [-0.4, -0.2) is 19.7 Å². The van der Waals surface area contributed by atoms with E-state index in [1.807, 2.05) is 24.3 Å².